The summed E-state index contributed by atoms with van der Waals surface area (Å²) in [6.45, 7) is 2.06. The molecule has 0 fully saturated rings. The standard InChI is InChI=1S/C20H15FN4O2S/c1-12-4-2-3-5-16(12)19-24-25-17(26)10-15(23-20(25)28-19)11-22-18(27)13-6-8-14(21)9-7-13/h2-10H,11H2,1H3,(H,22,27). The predicted molar refractivity (Wildman–Crippen MR) is 105 cm³/mol. The van der Waals surface area contributed by atoms with Crippen LogP contribution in [0.25, 0.3) is 15.5 Å². The summed E-state index contributed by atoms with van der Waals surface area (Å²) in [6, 6.07) is 14.4. The summed E-state index contributed by atoms with van der Waals surface area (Å²) in [5, 5.41) is 7.76. The molecule has 0 radical (unpaired) electrons. The van der Waals surface area contributed by atoms with E-state index < -0.39 is 5.82 Å². The van der Waals surface area contributed by atoms with E-state index in [4.69, 9.17) is 0 Å². The van der Waals surface area contributed by atoms with Gasteiger partial charge in [-0.2, -0.15) is 9.61 Å². The Morgan fingerprint density at radius 1 is 1.18 bits per heavy atom. The molecular weight excluding hydrogens is 379 g/mol. The molecule has 0 aliphatic rings. The Hall–Kier alpha value is -3.39. The average molecular weight is 394 g/mol. The molecule has 2 heterocycles. The molecule has 0 unspecified atom stereocenters. The van der Waals surface area contributed by atoms with Crippen molar-refractivity contribution in [3.63, 3.8) is 0 Å². The topological polar surface area (TPSA) is 76.4 Å². The second-order valence-electron chi connectivity index (χ2n) is 6.19. The molecule has 8 heteroatoms. The molecule has 0 bridgehead atoms. The first-order chi connectivity index (χ1) is 13.5. The maximum atomic E-state index is 13.0. The van der Waals surface area contributed by atoms with Gasteiger partial charge in [0.15, 0.2) is 0 Å². The molecule has 4 rings (SSSR count). The van der Waals surface area contributed by atoms with Gasteiger partial charge in [-0.05, 0) is 36.8 Å². The van der Waals surface area contributed by atoms with Gasteiger partial charge in [0.1, 0.15) is 10.8 Å². The van der Waals surface area contributed by atoms with Crippen molar-refractivity contribution in [2.24, 2.45) is 0 Å². The van der Waals surface area contributed by atoms with Gasteiger partial charge in [0, 0.05) is 17.2 Å². The molecule has 0 aliphatic carbocycles. The molecule has 0 saturated carbocycles. The number of hydrogen-bond acceptors (Lipinski definition) is 5. The Bertz CT molecular complexity index is 1230. The van der Waals surface area contributed by atoms with E-state index in [1.54, 1.807) is 0 Å². The molecule has 0 atom stereocenters. The van der Waals surface area contributed by atoms with Crippen LogP contribution in [0.1, 0.15) is 21.6 Å². The van der Waals surface area contributed by atoms with Crippen molar-refractivity contribution in [2.45, 2.75) is 13.5 Å². The van der Waals surface area contributed by atoms with Gasteiger partial charge in [0.25, 0.3) is 11.5 Å². The monoisotopic (exact) mass is 394 g/mol. The summed E-state index contributed by atoms with van der Waals surface area (Å²) < 4.78 is 14.2. The molecule has 0 spiro atoms. The fourth-order valence-corrected chi connectivity index (χ4v) is 3.76. The zero-order valence-corrected chi connectivity index (χ0v) is 15.7. The number of hydrogen-bond donors (Lipinski definition) is 1. The maximum absolute atomic E-state index is 13.0. The number of rotatable bonds is 4. The predicted octanol–water partition coefficient (Wildman–Crippen LogP) is 3.20. The lowest BCUT2D eigenvalue weighted by molar-refractivity contribution is 0.0950. The number of benzene rings is 2. The number of halogens is 1. The first-order valence-corrected chi connectivity index (χ1v) is 9.32. The van der Waals surface area contributed by atoms with Crippen LogP contribution in [0.2, 0.25) is 0 Å². The van der Waals surface area contributed by atoms with Crippen LogP contribution in [0.3, 0.4) is 0 Å². The molecule has 2 aromatic heterocycles. The summed E-state index contributed by atoms with van der Waals surface area (Å²) in [6.07, 6.45) is 0. The molecule has 2 aromatic carbocycles. The SMILES string of the molecule is Cc1ccccc1-c1nn2c(=O)cc(CNC(=O)c3ccc(F)cc3)nc2s1. The van der Waals surface area contributed by atoms with Crippen LogP contribution >= 0.6 is 11.3 Å². The van der Waals surface area contributed by atoms with Crippen LogP contribution in [-0.4, -0.2) is 20.5 Å². The zero-order chi connectivity index (χ0) is 19.7. The number of amides is 1. The lowest BCUT2D eigenvalue weighted by atomic mass is 10.1. The van der Waals surface area contributed by atoms with E-state index in [1.807, 2.05) is 31.2 Å². The normalized spacial score (nSPS) is 10.9. The van der Waals surface area contributed by atoms with Gasteiger partial charge in [0.05, 0.1) is 12.2 Å². The third-order valence-electron chi connectivity index (χ3n) is 4.21. The number of nitrogens with zero attached hydrogens (tertiary/aromatic N) is 3. The Morgan fingerprint density at radius 3 is 2.68 bits per heavy atom. The summed E-state index contributed by atoms with van der Waals surface area (Å²) in [4.78, 5) is 29.4. The molecule has 28 heavy (non-hydrogen) atoms. The van der Waals surface area contributed by atoms with Crippen molar-refractivity contribution in [3.8, 4) is 10.6 Å². The second-order valence-corrected chi connectivity index (χ2v) is 7.15. The molecule has 140 valence electrons. The number of aromatic nitrogens is 3. The van der Waals surface area contributed by atoms with E-state index in [2.05, 4.69) is 15.4 Å². The van der Waals surface area contributed by atoms with Crippen molar-refractivity contribution < 1.29 is 9.18 Å². The summed E-state index contributed by atoms with van der Waals surface area (Å²) in [5.74, 6) is -0.779. The van der Waals surface area contributed by atoms with E-state index in [9.17, 15) is 14.0 Å². The van der Waals surface area contributed by atoms with Crippen LogP contribution in [0, 0.1) is 12.7 Å². The van der Waals surface area contributed by atoms with Crippen LogP contribution < -0.4 is 10.9 Å². The molecule has 4 aromatic rings. The smallest absolute Gasteiger partial charge is 0.275 e. The van der Waals surface area contributed by atoms with E-state index in [0.717, 1.165) is 11.1 Å². The summed E-state index contributed by atoms with van der Waals surface area (Å²) >= 11 is 1.31. The van der Waals surface area contributed by atoms with E-state index >= 15 is 0 Å². The van der Waals surface area contributed by atoms with Crippen molar-refractivity contribution in [3.05, 3.63) is 87.6 Å². The van der Waals surface area contributed by atoms with Gasteiger partial charge in [-0.25, -0.2) is 9.37 Å². The third kappa shape index (κ3) is 3.54. The van der Waals surface area contributed by atoms with Crippen molar-refractivity contribution in [2.75, 3.05) is 0 Å². The highest BCUT2D eigenvalue weighted by molar-refractivity contribution is 7.19. The largest absolute Gasteiger partial charge is 0.346 e. The number of carbonyl (C=O) groups is 1. The minimum absolute atomic E-state index is 0.0829. The second kappa shape index (κ2) is 7.32. The van der Waals surface area contributed by atoms with Crippen molar-refractivity contribution in [1.82, 2.24) is 19.9 Å². The Balaban J connectivity index is 1.59. The van der Waals surface area contributed by atoms with Crippen molar-refractivity contribution in [1.29, 1.82) is 0 Å². The van der Waals surface area contributed by atoms with Crippen molar-refractivity contribution >= 4 is 22.2 Å². The first kappa shape index (κ1) is 18.0. The molecule has 1 amide bonds. The Kier molecular flexibility index (Phi) is 4.70. The maximum Gasteiger partial charge on any atom is 0.275 e. The number of aryl methyl sites for hydroxylation is 1. The fourth-order valence-electron chi connectivity index (χ4n) is 2.74. The molecular formula is C20H15FN4O2S. The highest BCUT2D eigenvalue weighted by atomic mass is 32.1. The van der Waals surface area contributed by atoms with Gasteiger partial charge in [0.2, 0.25) is 4.96 Å². The van der Waals surface area contributed by atoms with E-state index in [1.165, 1.54) is 46.2 Å². The van der Waals surface area contributed by atoms with E-state index in [-0.39, 0.29) is 18.0 Å². The minimum atomic E-state index is -0.411. The van der Waals surface area contributed by atoms with Gasteiger partial charge >= 0.3 is 0 Å². The minimum Gasteiger partial charge on any atom is -0.346 e. The number of carbonyl (C=O) groups excluding carboxylic acids is 1. The van der Waals surface area contributed by atoms with Gasteiger partial charge in [-0.15, -0.1) is 0 Å². The number of nitrogens with one attached hydrogen (secondary N) is 1. The lowest BCUT2D eigenvalue weighted by Gasteiger charge is -2.04. The molecule has 1 N–H and O–H groups in total. The van der Waals surface area contributed by atoms with E-state index in [0.29, 0.717) is 21.2 Å². The summed E-state index contributed by atoms with van der Waals surface area (Å²) in [5.41, 5.74) is 2.45. The third-order valence-corrected chi connectivity index (χ3v) is 5.15. The summed E-state index contributed by atoms with van der Waals surface area (Å²) in [7, 11) is 0. The van der Waals surface area contributed by atoms with Crippen LogP contribution in [-0.2, 0) is 6.54 Å². The highest BCUT2D eigenvalue weighted by Gasteiger charge is 2.13. The van der Waals surface area contributed by atoms with Gasteiger partial charge < -0.3 is 5.32 Å². The van der Waals surface area contributed by atoms with Gasteiger partial charge in [-0.1, -0.05) is 35.6 Å². The Labute approximate surface area is 163 Å². The van der Waals surface area contributed by atoms with Gasteiger partial charge in [-0.3, -0.25) is 9.59 Å². The highest BCUT2D eigenvalue weighted by Crippen LogP contribution is 2.26. The molecule has 0 aliphatic heterocycles. The fraction of sp³-hybridized carbons (Fsp3) is 0.100. The zero-order valence-electron chi connectivity index (χ0n) is 14.8. The Morgan fingerprint density at radius 2 is 1.93 bits per heavy atom. The quantitative estimate of drug-likeness (QED) is 0.577. The first-order valence-electron chi connectivity index (χ1n) is 8.51. The molecule has 0 saturated heterocycles. The van der Waals surface area contributed by atoms with Crippen LogP contribution in [0.5, 0.6) is 0 Å². The molecule has 6 nitrogen and oxygen atoms in total. The van der Waals surface area contributed by atoms with Crippen LogP contribution in [0.4, 0.5) is 4.39 Å². The lowest BCUT2D eigenvalue weighted by Crippen LogP contribution is -2.25. The number of fused-ring (bicyclic) bond motifs is 1. The van der Waals surface area contributed by atoms with Crippen LogP contribution in [0.15, 0.2) is 59.4 Å². The average Bonchev–Trinajstić information content (AvgIpc) is 3.11.